The van der Waals surface area contributed by atoms with Crippen molar-refractivity contribution in [2.75, 3.05) is 5.32 Å². The summed E-state index contributed by atoms with van der Waals surface area (Å²) in [4.78, 5) is 24.0. The summed E-state index contributed by atoms with van der Waals surface area (Å²) in [7, 11) is 0. The molecule has 38 heavy (non-hydrogen) atoms. The molecule has 1 amide bonds. The quantitative estimate of drug-likeness (QED) is 0.251. The summed E-state index contributed by atoms with van der Waals surface area (Å²) in [6, 6.07) is 16.8. The summed E-state index contributed by atoms with van der Waals surface area (Å²) >= 11 is 1.66. The minimum Gasteiger partial charge on any atom is -0.365 e. The van der Waals surface area contributed by atoms with Crippen LogP contribution in [0.5, 0.6) is 0 Å². The Labute approximate surface area is 223 Å². The van der Waals surface area contributed by atoms with Gasteiger partial charge in [-0.3, -0.25) is 9.79 Å². The fraction of sp³-hybridized carbons (Fsp3) is 0.133. The number of anilines is 1. The van der Waals surface area contributed by atoms with Crippen LogP contribution in [0, 0.1) is 11.6 Å². The highest BCUT2D eigenvalue weighted by molar-refractivity contribution is 7.15. The molecule has 5 rings (SSSR count). The highest BCUT2D eigenvalue weighted by Crippen LogP contribution is 2.33. The van der Waals surface area contributed by atoms with Crippen LogP contribution in [-0.2, 0) is 13.0 Å². The first-order chi connectivity index (χ1) is 18.5. The molecule has 8 heteroatoms. The van der Waals surface area contributed by atoms with E-state index in [1.807, 2.05) is 12.1 Å². The average Bonchev–Trinajstić information content (AvgIpc) is 3.38. The number of allylic oxidation sites excluding steroid dienone is 1. The van der Waals surface area contributed by atoms with E-state index in [4.69, 9.17) is 0 Å². The standard InChI is InChI=1S/C30H24F2N4OS/c1-19(20-8-11-25(31)26(32)17-20)36-30(37)24-7-5-15-34-29(24)35-18-23-10-13-28(38-23)22-9-12-27-21(16-22)6-3-2-4-14-33-27/h3-5,7-17,19H,6,18H2,1H3,(H,34,35)(H,36,37)/b33-14-. The zero-order chi connectivity index (χ0) is 26.5. The van der Waals surface area contributed by atoms with E-state index >= 15 is 0 Å². The first kappa shape index (κ1) is 25.3. The van der Waals surface area contributed by atoms with Crippen molar-refractivity contribution in [3.63, 3.8) is 0 Å². The molecule has 0 fully saturated rings. The summed E-state index contributed by atoms with van der Waals surface area (Å²) in [6.45, 7) is 2.20. The lowest BCUT2D eigenvalue weighted by atomic mass is 10.0. The van der Waals surface area contributed by atoms with Crippen LogP contribution in [0.3, 0.4) is 0 Å². The predicted molar refractivity (Wildman–Crippen MR) is 148 cm³/mol. The van der Waals surface area contributed by atoms with E-state index in [0.717, 1.165) is 45.1 Å². The van der Waals surface area contributed by atoms with E-state index in [0.29, 0.717) is 23.5 Å². The van der Waals surface area contributed by atoms with Crippen molar-refractivity contribution in [3.05, 3.63) is 118 Å². The molecule has 1 aliphatic rings. The number of pyridine rings is 1. The van der Waals surface area contributed by atoms with Crippen molar-refractivity contribution in [3.8, 4) is 10.4 Å². The molecular weight excluding hydrogens is 502 g/mol. The maximum atomic E-state index is 13.6. The second-order valence-electron chi connectivity index (χ2n) is 8.75. The minimum absolute atomic E-state index is 0.364. The monoisotopic (exact) mass is 526 g/mol. The maximum Gasteiger partial charge on any atom is 0.255 e. The van der Waals surface area contributed by atoms with Crippen LogP contribution in [0.4, 0.5) is 20.3 Å². The molecule has 1 aliphatic heterocycles. The first-order valence-electron chi connectivity index (χ1n) is 12.1. The van der Waals surface area contributed by atoms with Gasteiger partial charge in [0, 0.05) is 28.6 Å². The van der Waals surface area contributed by atoms with Crippen LogP contribution in [0.15, 0.2) is 89.7 Å². The Bertz CT molecular complexity index is 1590. The molecule has 2 aromatic carbocycles. The maximum absolute atomic E-state index is 13.6. The van der Waals surface area contributed by atoms with Gasteiger partial charge in [0.2, 0.25) is 0 Å². The fourth-order valence-corrected chi connectivity index (χ4v) is 5.04. The number of halogens is 2. The summed E-state index contributed by atoms with van der Waals surface area (Å²) in [5, 5.41) is 6.10. The number of nitrogens with zero attached hydrogens (tertiary/aromatic N) is 2. The zero-order valence-electron chi connectivity index (χ0n) is 20.5. The summed E-state index contributed by atoms with van der Waals surface area (Å²) in [6.07, 6.45) is 7.94. The fourth-order valence-electron chi connectivity index (χ4n) is 4.09. The van der Waals surface area contributed by atoms with Gasteiger partial charge in [0.1, 0.15) is 5.82 Å². The number of aliphatic imine (C=N–C) groups is 1. The second kappa shape index (κ2) is 11.3. The Morgan fingerprint density at radius 1 is 1.11 bits per heavy atom. The number of benzene rings is 2. The Kier molecular flexibility index (Phi) is 7.54. The van der Waals surface area contributed by atoms with E-state index in [1.54, 1.807) is 48.9 Å². The number of hydrogen-bond acceptors (Lipinski definition) is 5. The van der Waals surface area contributed by atoms with Gasteiger partial charge in [0.25, 0.3) is 5.91 Å². The largest absolute Gasteiger partial charge is 0.365 e. The highest BCUT2D eigenvalue weighted by Gasteiger charge is 2.17. The van der Waals surface area contributed by atoms with Gasteiger partial charge in [-0.25, -0.2) is 13.8 Å². The second-order valence-corrected chi connectivity index (χ2v) is 9.92. The molecular formula is C30H24F2N4OS. The summed E-state index contributed by atoms with van der Waals surface area (Å²) in [5.41, 5.74) is 7.15. The van der Waals surface area contributed by atoms with Crippen LogP contribution in [0.2, 0.25) is 0 Å². The average molecular weight is 527 g/mol. The SMILES string of the molecule is CC(NC(=O)c1cccnc1NCc1ccc(-c2ccc3c(c2)CC=C=C/C=N\3)s1)c1ccc(F)c(F)c1. The third-order valence-corrected chi connectivity index (χ3v) is 7.26. The van der Waals surface area contributed by atoms with Crippen LogP contribution >= 0.6 is 11.3 Å². The number of rotatable bonds is 7. The van der Waals surface area contributed by atoms with E-state index in [1.165, 1.54) is 6.07 Å². The molecule has 2 aromatic heterocycles. The molecule has 0 radical (unpaired) electrons. The van der Waals surface area contributed by atoms with E-state index in [-0.39, 0.29) is 5.91 Å². The lowest BCUT2D eigenvalue weighted by Gasteiger charge is -2.16. The molecule has 190 valence electrons. The van der Waals surface area contributed by atoms with Gasteiger partial charge < -0.3 is 10.6 Å². The van der Waals surface area contributed by atoms with Gasteiger partial charge in [-0.05, 0) is 84.3 Å². The molecule has 1 atom stereocenters. The number of aromatic nitrogens is 1. The predicted octanol–water partition coefficient (Wildman–Crippen LogP) is 7.16. The summed E-state index contributed by atoms with van der Waals surface area (Å²) in [5.74, 6) is -1.80. The topological polar surface area (TPSA) is 66.4 Å². The number of nitrogens with one attached hydrogen (secondary N) is 2. The Hall–Kier alpha value is -4.39. The third-order valence-electron chi connectivity index (χ3n) is 6.12. The minimum atomic E-state index is -0.952. The molecule has 0 bridgehead atoms. The normalized spacial score (nSPS) is 13.8. The molecule has 3 heterocycles. The van der Waals surface area contributed by atoms with Crippen LogP contribution in [-0.4, -0.2) is 17.1 Å². The van der Waals surface area contributed by atoms with Gasteiger partial charge in [0.05, 0.1) is 23.8 Å². The number of thiophene rings is 1. The van der Waals surface area contributed by atoms with E-state index in [9.17, 15) is 13.6 Å². The van der Waals surface area contributed by atoms with Crippen molar-refractivity contribution in [2.45, 2.75) is 25.9 Å². The lowest BCUT2D eigenvalue weighted by Crippen LogP contribution is -2.27. The number of fused-ring (bicyclic) bond motifs is 1. The number of carbonyl (C=O) groups excluding carboxylic acids is 1. The Morgan fingerprint density at radius 3 is 2.87 bits per heavy atom. The van der Waals surface area contributed by atoms with Gasteiger partial charge in [-0.2, -0.15) is 0 Å². The first-order valence-corrected chi connectivity index (χ1v) is 12.9. The molecule has 0 saturated heterocycles. The summed E-state index contributed by atoms with van der Waals surface area (Å²) < 4.78 is 26.9. The van der Waals surface area contributed by atoms with E-state index < -0.39 is 17.7 Å². The third kappa shape index (κ3) is 5.78. The lowest BCUT2D eigenvalue weighted by molar-refractivity contribution is 0.0940. The smallest absolute Gasteiger partial charge is 0.255 e. The molecule has 0 aliphatic carbocycles. The van der Waals surface area contributed by atoms with Gasteiger partial charge >= 0.3 is 0 Å². The molecule has 4 aromatic rings. The van der Waals surface area contributed by atoms with Crippen molar-refractivity contribution in [2.24, 2.45) is 4.99 Å². The zero-order valence-corrected chi connectivity index (χ0v) is 21.4. The van der Waals surface area contributed by atoms with Crippen LogP contribution < -0.4 is 10.6 Å². The molecule has 0 saturated carbocycles. The molecule has 2 N–H and O–H groups in total. The number of carbonyl (C=O) groups is 1. The van der Waals surface area contributed by atoms with Crippen LogP contribution in [0.1, 0.15) is 39.3 Å². The number of hydrogen-bond donors (Lipinski definition) is 2. The van der Waals surface area contributed by atoms with Gasteiger partial charge in [0.15, 0.2) is 11.6 Å². The number of amides is 1. The van der Waals surface area contributed by atoms with Crippen molar-refractivity contribution in [1.82, 2.24) is 10.3 Å². The van der Waals surface area contributed by atoms with Crippen molar-refractivity contribution < 1.29 is 13.6 Å². The van der Waals surface area contributed by atoms with Gasteiger partial charge in [-0.15, -0.1) is 17.1 Å². The van der Waals surface area contributed by atoms with E-state index in [2.05, 4.69) is 50.6 Å². The molecule has 1 unspecified atom stereocenters. The van der Waals surface area contributed by atoms with Crippen LogP contribution in [0.25, 0.3) is 10.4 Å². The van der Waals surface area contributed by atoms with Crippen molar-refractivity contribution in [1.29, 1.82) is 0 Å². The Morgan fingerprint density at radius 2 is 2.00 bits per heavy atom. The Balaban J connectivity index is 1.26. The van der Waals surface area contributed by atoms with Crippen molar-refractivity contribution >= 4 is 35.0 Å². The van der Waals surface area contributed by atoms with Gasteiger partial charge in [-0.1, -0.05) is 12.1 Å². The molecule has 5 nitrogen and oxygen atoms in total. The highest BCUT2D eigenvalue weighted by atomic mass is 32.1. The molecule has 0 spiro atoms.